The summed E-state index contributed by atoms with van der Waals surface area (Å²) in [5.74, 6) is -1.15. The molecule has 2 aromatic heterocycles. The van der Waals surface area contributed by atoms with Gasteiger partial charge in [0.1, 0.15) is 11.3 Å². The number of primary amides is 1. The first-order valence-corrected chi connectivity index (χ1v) is 9.23. The number of furan rings is 1. The lowest BCUT2D eigenvalue weighted by atomic mass is 10.1. The number of para-hydroxylation sites is 1. The molecule has 0 spiro atoms. The zero-order chi connectivity index (χ0) is 19.8. The number of aryl methyl sites for hydroxylation is 1. The summed E-state index contributed by atoms with van der Waals surface area (Å²) < 4.78 is 12.9. The van der Waals surface area contributed by atoms with E-state index in [-0.39, 0.29) is 23.4 Å². The Balaban J connectivity index is 1.70. The third kappa shape index (κ3) is 3.05. The second-order valence-electron chi connectivity index (χ2n) is 6.95. The molecule has 1 fully saturated rings. The predicted octanol–water partition coefficient (Wildman–Crippen LogP) is 2.95. The monoisotopic (exact) mass is 382 g/mol. The maximum Gasteiger partial charge on any atom is 0.286 e. The van der Waals surface area contributed by atoms with Crippen molar-refractivity contribution < 1.29 is 18.7 Å². The molecule has 1 aliphatic heterocycles. The van der Waals surface area contributed by atoms with E-state index in [1.165, 1.54) is 0 Å². The van der Waals surface area contributed by atoms with Crippen LogP contribution < -0.4 is 11.1 Å². The first kappa shape index (κ1) is 18.2. The molecule has 1 aromatic carbocycles. The van der Waals surface area contributed by atoms with Gasteiger partial charge in [-0.25, -0.2) is 0 Å². The quantitative estimate of drug-likeness (QED) is 0.720. The topological polar surface area (TPSA) is 112 Å². The van der Waals surface area contributed by atoms with E-state index in [1.807, 2.05) is 11.6 Å². The molecule has 3 N–H and O–H groups in total. The molecule has 1 saturated heterocycles. The van der Waals surface area contributed by atoms with Gasteiger partial charge in [-0.3, -0.25) is 14.3 Å². The van der Waals surface area contributed by atoms with Crippen molar-refractivity contribution in [3.63, 3.8) is 0 Å². The van der Waals surface area contributed by atoms with Crippen molar-refractivity contribution in [2.45, 2.75) is 32.7 Å². The van der Waals surface area contributed by atoms with Gasteiger partial charge in [0.05, 0.1) is 17.3 Å². The summed E-state index contributed by atoms with van der Waals surface area (Å²) in [7, 11) is 0. The molecule has 3 aromatic rings. The molecule has 0 saturated carbocycles. The predicted molar refractivity (Wildman–Crippen MR) is 103 cm³/mol. The molecule has 0 aliphatic carbocycles. The Morgan fingerprint density at radius 3 is 2.64 bits per heavy atom. The van der Waals surface area contributed by atoms with Crippen LogP contribution in [0.5, 0.6) is 0 Å². The number of nitrogens with two attached hydrogens (primary N) is 1. The first-order valence-electron chi connectivity index (χ1n) is 9.23. The van der Waals surface area contributed by atoms with E-state index < -0.39 is 5.91 Å². The molecular formula is C20H22N4O4. The molecule has 0 radical (unpaired) electrons. The van der Waals surface area contributed by atoms with E-state index in [9.17, 15) is 9.59 Å². The third-order valence-corrected chi connectivity index (χ3v) is 5.15. The van der Waals surface area contributed by atoms with E-state index >= 15 is 0 Å². The lowest BCUT2D eigenvalue weighted by Gasteiger charge is -2.23. The van der Waals surface area contributed by atoms with Crippen LogP contribution in [0.25, 0.3) is 11.0 Å². The van der Waals surface area contributed by atoms with Crippen LogP contribution in [0.2, 0.25) is 0 Å². The van der Waals surface area contributed by atoms with Gasteiger partial charge < -0.3 is 20.2 Å². The number of amides is 2. The number of benzene rings is 1. The van der Waals surface area contributed by atoms with Gasteiger partial charge in [-0.15, -0.1) is 0 Å². The van der Waals surface area contributed by atoms with Crippen molar-refractivity contribution in [1.82, 2.24) is 9.78 Å². The SMILES string of the molecule is Cc1nn(C2CCOCC2)c(C)c1C(=O)Nc1c(C(N)=O)oc2ccccc12. The van der Waals surface area contributed by atoms with Crippen molar-refractivity contribution >= 4 is 28.5 Å². The van der Waals surface area contributed by atoms with E-state index in [1.54, 1.807) is 31.2 Å². The normalized spacial score (nSPS) is 15.1. The van der Waals surface area contributed by atoms with E-state index in [4.69, 9.17) is 14.9 Å². The van der Waals surface area contributed by atoms with Crippen molar-refractivity contribution in [1.29, 1.82) is 0 Å². The minimum Gasteiger partial charge on any atom is -0.449 e. The second kappa shape index (κ2) is 7.12. The number of rotatable bonds is 4. The fraction of sp³-hybridized carbons (Fsp3) is 0.350. The van der Waals surface area contributed by atoms with Crippen LogP contribution in [0.3, 0.4) is 0 Å². The van der Waals surface area contributed by atoms with Gasteiger partial charge in [0, 0.05) is 24.3 Å². The Hall–Kier alpha value is -3.13. The molecule has 0 unspecified atom stereocenters. The van der Waals surface area contributed by atoms with E-state index in [0.717, 1.165) is 18.5 Å². The number of hydrogen-bond acceptors (Lipinski definition) is 5. The highest BCUT2D eigenvalue weighted by Gasteiger charge is 2.27. The van der Waals surface area contributed by atoms with Gasteiger partial charge in [0.25, 0.3) is 11.8 Å². The Kier molecular flexibility index (Phi) is 4.64. The second-order valence-corrected chi connectivity index (χ2v) is 6.95. The number of hydrogen-bond donors (Lipinski definition) is 2. The van der Waals surface area contributed by atoms with E-state index in [0.29, 0.717) is 35.4 Å². The van der Waals surface area contributed by atoms with Gasteiger partial charge in [0.2, 0.25) is 5.76 Å². The number of nitrogens with one attached hydrogen (secondary N) is 1. The van der Waals surface area contributed by atoms with Gasteiger partial charge >= 0.3 is 0 Å². The third-order valence-electron chi connectivity index (χ3n) is 5.15. The van der Waals surface area contributed by atoms with E-state index in [2.05, 4.69) is 10.4 Å². The summed E-state index contributed by atoms with van der Waals surface area (Å²) in [6.45, 7) is 5.06. The van der Waals surface area contributed by atoms with Crippen molar-refractivity contribution in [3.05, 3.63) is 47.0 Å². The summed E-state index contributed by atoms with van der Waals surface area (Å²) in [6, 6.07) is 7.29. The molecule has 146 valence electrons. The Bertz CT molecular complexity index is 1060. The molecule has 28 heavy (non-hydrogen) atoms. The molecule has 0 bridgehead atoms. The summed E-state index contributed by atoms with van der Waals surface area (Å²) in [4.78, 5) is 24.9. The number of anilines is 1. The van der Waals surface area contributed by atoms with Crippen molar-refractivity contribution in [3.8, 4) is 0 Å². The van der Waals surface area contributed by atoms with Gasteiger partial charge in [-0.05, 0) is 38.8 Å². The molecule has 4 rings (SSSR count). The maximum atomic E-state index is 13.1. The summed E-state index contributed by atoms with van der Waals surface area (Å²) in [5.41, 5.74) is 8.12. The summed E-state index contributed by atoms with van der Waals surface area (Å²) >= 11 is 0. The number of ether oxygens (including phenoxy) is 1. The van der Waals surface area contributed by atoms with Gasteiger partial charge in [0.15, 0.2) is 0 Å². The summed E-state index contributed by atoms with van der Waals surface area (Å²) in [5, 5.41) is 8.03. The van der Waals surface area contributed by atoms with Crippen LogP contribution in [-0.2, 0) is 4.74 Å². The van der Waals surface area contributed by atoms with Crippen LogP contribution in [0.4, 0.5) is 5.69 Å². The zero-order valence-electron chi connectivity index (χ0n) is 15.8. The zero-order valence-corrected chi connectivity index (χ0v) is 15.8. The first-order chi connectivity index (χ1) is 13.5. The van der Waals surface area contributed by atoms with Crippen LogP contribution in [0.15, 0.2) is 28.7 Å². The van der Waals surface area contributed by atoms with Crippen LogP contribution in [0, 0.1) is 13.8 Å². The van der Waals surface area contributed by atoms with Crippen molar-refractivity contribution in [2.24, 2.45) is 5.73 Å². The number of fused-ring (bicyclic) bond motifs is 1. The Morgan fingerprint density at radius 2 is 1.93 bits per heavy atom. The molecule has 1 aliphatic rings. The lowest BCUT2D eigenvalue weighted by molar-refractivity contribution is 0.0656. The molecule has 8 nitrogen and oxygen atoms in total. The van der Waals surface area contributed by atoms with Gasteiger partial charge in [-0.1, -0.05) is 12.1 Å². The van der Waals surface area contributed by atoms with Crippen LogP contribution in [0.1, 0.15) is 51.2 Å². The largest absolute Gasteiger partial charge is 0.449 e. The lowest BCUT2D eigenvalue weighted by Crippen LogP contribution is -2.22. The molecule has 3 heterocycles. The minimum absolute atomic E-state index is 0.0679. The van der Waals surface area contributed by atoms with Crippen molar-refractivity contribution in [2.75, 3.05) is 18.5 Å². The molecule has 8 heteroatoms. The smallest absolute Gasteiger partial charge is 0.286 e. The average Bonchev–Trinajstić information content (AvgIpc) is 3.20. The standard InChI is InChI=1S/C20H22N4O4/c1-11-16(12(2)24(23-11)13-7-9-27-10-8-13)20(26)22-17-14-5-3-4-6-15(14)28-18(17)19(21)25/h3-6,13H,7-10H2,1-2H3,(H2,21,25)(H,22,26). The maximum absolute atomic E-state index is 13.1. The Morgan fingerprint density at radius 1 is 1.21 bits per heavy atom. The number of carbonyl (C=O) groups excluding carboxylic acids is 2. The fourth-order valence-corrected chi connectivity index (χ4v) is 3.80. The molecular weight excluding hydrogens is 360 g/mol. The number of carbonyl (C=O) groups is 2. The molecule has 0 atom stereocenters. The Labute approximate surface area is 161 Å². The number of nitrogens with zero attached hydrogens (tertiary/aromatic N) is 2. The molecule has 2 amide bonds. The highest BCUT2D eigenvalue weighted by molar-refractivity contribution is 6.14. The number of aromatic nitrogens is 2. The minimum atomic E-state index is -0.738. The fourth-order valence-electron chi connectivity index (χ4n) is 3.80. The summed E-state index contributed by atoms with van der Waals surface area (Å²) in [6.07, 6.45) is 1.72. The highest BCUT2D eigenvalue weighted by atomic mass is 16.5. The van der Waals surface area contributed by atoms with Crippen LogP contribution >= 0.6 is 0 Å². The van der Waals surface area contributed by atoms with Crippen LogP contribution in [-0.4, -0.2) is 34.8 Å². The highest BCUT2D eigenvalue weighted by Crippen LogP contribution is 2.32. The average molecular weight is 382 g/mol. The van der Waals surface area contributed by atoms with Gasteiger partial charge in [-0.2, -0.15) is 5.10 Å².